The van der Waals surface area contributed by atoms with Gasteiger partial charge in [0.15, 0.2) is 0 Å². The fourth-order valence-electron chi connectivity index (χ4n) is 2.87. The van der Waals surface area contributed by atoms with Gasteiger partial charge in [0.25, 0.3) is 0 Å². The predicted octanol–water partition coefficient (Wildman–Crippen LogP) is -0.272. The van der Waals surface area contributed by atoms with Crippen molar-refractivity contribution in [2.75, 3.05) is 0 Å². The molecular weight excluding hydrogens is 414 g/mol. The van der Waals surface area contributed by atoms with Crippen molar-refractivity contribution in [2.24, 2.45) is 0 Å². The molecule has 0 aliphatic rings. The number of nitrogens with zero attached hydrogens (tertiary/aromatic N) is 2. The first-order chi connectivity index (χ1) is 10.2. The molecule has 0 aliphatic heterocycles. The molecule has 0 N–H and O–H groups in total. The van der Waals surface area contributed by atoms with Crippen LogP contribution in [-0.2, 0) is 23.2 Å². The van der Waals surface area contributed by atoms with Crippen molar-refractivity contribution < 1.29 is 41.9 Å². The molecule has 2 aromatic rings. The zero-order valence-corrected chi connectivity index (χ0v) is 19.2. The number of hydrogen-bond donors (Lipinski definition) is 0. The Bertz CT molecular complexity index is 611. The van der Waals surface area contributed by atoms with Crippen LogP contribution in [0.4, 0.5) is 0 Å². The first kappa shape index (κ1) is 27.1. The summed E-state index contributed by atoms with van der Waals surface area (Å²) in [5.74, 6) is 0. The minimum atomic E-state index is -0.183. The Morgan fingerprint density at radius 3 is 1.84 bits per heavy atom. The standard InChI is InChI=1S/C19H27N2P.2ClH.Fe/c1-18(2,3)22(19(4,5)6)14-15-10-9-12-17(21-15)16-11-7-8-13-20-16;;;/h7-13H,14H2,1-6H3;2*1H;/q;;;+2/p-2. The normalized spacial score (nSPS) is 11.2. The van der Waals surface area contributed by atoms with Crippen LogP contribution in [-0.4, -0.2) is 20.3 Å². The van der Waals surface area contributed by atoms with Gasteiger partial charge in [-0.2, -0.15) is 0 Å². The van der Waals surface area contributed by atoms with Crippen molar-refractivity contribution in [1.29, 1.82) is 0 Å². The van der Waals surface area contributed by atoms with Gasteiger partial charge in [0.2, 0.25) is 0 Å². The molecule has 2 aromatic heterocycles. The summed E-state index contributed by atoms with van der Waals surface area (Å²) in [5.41, 5.74) is 3.09. The summed E-state index contributed by atoms with van der Waals surface area (Å²) in [4.78, 5) is 9.27. The summed E-state index contributed by atoms with van der Waals surface area (Å²) in [6, 6.07) is 12.3. The largest absolute Gasteiger partial charge is 2.00 e. The van der Waals surface area contributed by atoms with Gasteiger partial charge in [-0.15, -0.1) is 0 Å². The molecule has 0 bridgehead atoms. The van der Waals surface area contributed by atoms with Gasteiger partial charge < -0.3 is 24.8 Å². The van der Waals surface area contributed by atoms with Gasteiger partial charge in [0.1, 0.15) is 0 Å². The van der Waals surface area contributed by atoms with Crippen molar-refractivity contribution in [3.05, 3.63) is 48.3 Å². The van der Waals surface area contributed by atoms with E-state index >= 15 is 0 Å². The molecule has 0 saturated heterocycles. The summed E-state index contributed by atoms with van der Waals surface area (Å²) in [6.45, 7) is 14.1. The van der Waals surface area contributed by atoms with E-state index in [0.29, 0.717) is 10.3 Å². The van der Waals surface area contributed by atoms with E-state index in [4.69, 9.17) is 4.98 Å². The van der Waals surface area contributed by atoms with E-state index in [1.807, 2.05) is 30.5 Å². The Morgan fingerprint density at radius 1 is 0.800 bits per heavy atom. The van der Waals surface area contributed by atoms with Crippen molar-refractivity contribution in [3.63, 3.8) is 0 Å². The van der Waals surface area contributed by atoms with Gasteiger partial charge in [-0.25, -0.2) is 0 Å². The Hall–Kier alpha value is -0.171. The molecule has 0 aromatic carbocycles. The van der Waals surface area contributed by atoms with Crippen LogP contribution in [0.5, 0.6) is 0 Å². The Labute approximate surface area is 177 Å². The summed E-state index contributed by atoms with van der Waals surface area (Å²) in [7, 11) is -0.183. The van der Waals surface area contributed by atoms with Crippen LogP contribution in [0, 0.1) is 0 Å². The molecule has 0 spiro atoms. The van der Waals surface area contributed by atoms with Gasteiger partial charge in [-0.3, -0.25) is 9.97 Å². The molecular formula is C19H27Cl2FeN2P. The maximum atomic E-state index is 4.86. The SMILES string of the molecule is CC(C)(C)P(Cc1cccc(-c2ccccn2)n1)C(C)(C)C.[Cl-].[Cl-].[Fe+2]. The van der Waals surface area contributed by atoms with Crippen LogP contribution in [0.3, 0.4) is 0 Å². The molecule has 0 fully saturated rings. The zero-order chi connectivity index (χ0) is 16.4. The van der Waals surface area contributed by atoms with E-state index in [-0.39, 0.29) is 49.8 Å². The van der Waals surface area contributed by atoms with Crippen LogP contribution in [0.2, 0.25) is 0 Å². The van der Waals surface area contributed by atoms with Gasteiger partial charge in [0.05, 0.1) is 11.4 Å². The molecule has 2 rings (SSSR count). The fourth-order valence-corrected chi connectivity index (χ4v) is 6.33. The molecule has 0 radical (unpaired) electrons. The van der Waals surface area contributed by atoms with Gasteiger partial charge in [-0.1, -0.05) is 61.6 Å². The molecule has 2 nitrogen and oxygen atoms in total. The zero-order valence-electron chi connectivity index (χ0n) is 15.7. The van der Waals surface area contributed by atoms with Crippen LogP contribution in [0.25, 0.3) is 11.4 Å². The van der Waals surface area contributed by atoms with E-state index in [9.17, 15) is 0 Å². The molecule has 25 heavy (non-hydrogen) atoms. The van der Waals surface area contributed by atoms with Gasteiger partial charge in [0, 0.05) is 18.1 Å². The quantitative estimate of drug-likeness (QED) is 0.485. The number of halogens is 2. The summed E-state index contributed by atoms with van der Waals surface area (Å²) >= 11 is 0. The molecule has 0 aliphatic carbocycles. The second-order valence-corrected chi connectivity index (χ2v) is 11.5. The smallest absolute Gasteiger partial charge is 1.00 e. The second kappa shape index (κ2) is 10.9. The third-order valence-corrected chi connectivity index (χ3v) is 7.55. The van der Waals surface area contributed by atoms with Crippen molar-refractivity contribution in [3.8, 4) is 11.4 Å². The summed E-state index contributed by atoms with van der Waals surface area (Å²) in [5, 5.41) is 0.631. The molecule has 0 amide bonds. The molecule has 0 atom stereocenters. The van der Waals surface area contributed by atoms with Crippen molar-refractivity contribution in [2.45, 2.75) is 58.0 Å². The van der Waals surface area contributed by atoms with E-state index in [1.165, 1.54) is 5.69 Å². The average Bonchev–Trinajstić information content (AvgIpc) is 2.44. The second-order valence-electron chi connectivity index (χ2n) is 7.66. The molecule has 2 heterocycles. The fraction of sp³-hybridized carbons (Fsp3) is 0.474. The molecule has 0 saturated carbocycles. The number of hydrogen-bond acceptors (Lipinski definition) is 2. The maximum Gasteiger partial charge on any atom is 2.00 e. The molecule has 140 valence electrons. The van der Waals surface area contributed by atoms with E-state index in [0.717, 1.165) is 17.5 Å². The Morgan fingerprint density at radius 2 is 1.36 bits per heavy atom. The van der Waals surface area contributed by atoms with Crippen LogP contribution < -0.4 is 24.8 Å². The monoisotopic (exact) mass is 440 g/mol. The van der Waals surface area contributed by atoms with Gasteiger partial charge in [-0.05, 0) is 34.6 Å². The third-order valence-electron chi connectivity index (χ3n) is 3.67. The van der Waals surface area contributed by atoms with E-state index in [2.05, 4.69) is 58.7 Å². The minimum absolute atomic E-state index is 0. The predicted molar refractivity (Wildman–Crippen MR) is 97.6 cm³/mol. The van der Waals surface area contributed by atoms with E-state index < -0.39 is 0 Å². The first-order valence-corrected chi connectivity index (χ1v) is 9.36. The van der Waals surface area contributed by atoms with Crippen molar-refractivity contribution in [1.82, 2.24) is 9.97 Å². The Balaban J connectivity index is 0. The number of rotatable bonds is 3. The van der Waals surface area contributed by atoms with Crippen LogP contribution in [0.15, 0.2) is 42.6 Å². The Kier molecular flexibility index (Phi) is 11.7. The van der Waals surface area contributed by atoms with Gasteiger partial charge >= 0.3 is 17.1 Å². The minimum Gasteiger partial charge on any atom is -1.00 e. The molecule has 6 heteroatoms. The molecule has 0 unspecified atom stereocenters. The number of pyridine rings is 2. The summed E-state index contributed by atoms with van der Waals surface area (Å²) in [6.07, 6.45) is 2.88. The topological polar surface area (TPSA) is 25.8 Å². The third kappa shape index (κ3) is 7.93. The maximum absolute atomic E-state index is 4.86. The van der Waals surface area contributed by atoms with Crippen LogP contribution >= 0.6 is 7.92 Å². The van der Waals surface area contributed by atoms with Crippen LogP contribution in [0.1, 0.15) is 47.2 Å². The van der Waals surface area contributed by atoms with E-state index in [1.54, 1.807) is 0 Å². The summed E-state index contributed by atoms with van der Waals surface area (Å²) < 4.78 is 0. The average molecular weight is 441 g/mol. The number of aromatic nitrogens is 2. The van der Waals surface area contributed by atoms with Crippen molar-refractivity contribution >= 4 is 7.92 Å². The first-order valence-electron chi connectivity index (χ1n) is 7.83.